The molecule has 0 spiro atoms. The molecule has 2 aliphatic carbocycles. The van der Waals surface area contributed by atoms with Gasteiger partial charge in [-0.25, -0.2) is 14.2 Å². The average Bonchev–Trinajstić information content (AvgIpc) is 3.32. The van der Waals surface area contributed by atoms with E-state index in [1.54, 1.807) is 6.07 Å². The van der Waals surface area contributed by atoms with Crippen molar-refractivity contribution in [2.24, 2.45) is 11.3 Å². The van der Waals surface area contributed by atoms with Crippen molar-refractivity contribution in [3.05, 3.63) is 29.4 Å². The highest BCUT2D eigenvalue weighted by atomic mass is 19.1. The Morgan fingerprint density at radius 1 is 1.38 bits per heavy atom. The highest BCUT2D eigenvalue weighted by Gasteiger charge is 2.39. The average molecular weight is 354 g/mol. The number of hydrogen-bond acceptors (Lipinski definition) is 2. The molecule has 4 rings (SSSR count). The van der Waals surface area contributed by atoms with Crippen molar-refractivity contribution in [3.8, 4) is 0 Å². The van der Waals surface area contributed by atoms with Crippen LogP contribution in [0.25, 0.3) is 15.9 Å². The summed E-state index contributed by atoms with van der Waals surface area (Å²) in [5.41, 5.74) is 1.04. The fraction of sp³-hybridized carbons (Fsp3) is 0.550. The molecule has 26 heavy (non-hydrogen) atoms. The number of fused-ring (bicyclic) bond motifs is 1. The number of nitrogens with zero attached hydrogens (tertiary/aromatic N) is 3. The first-order valence-electron chi connectivity index (χ1n) is 9.28. The molecule has 2 aromatic rings. The molecule has 0 bridgehead atoms. The molecule has 0 aliphatic heterocycles. The Kier molecular flexibility index (Phi) is 3.98. The van der Waals surface area contributed by atoms with Crippen molar-refractivity contribution in [1.82, 2.24) is 9.55 Å². The first-order chi connectivity index (χ1) is 12.4. The van der Waals surface area contributed by atoms with Gasteiger partial charge in [-0.15, -0.1) is 0 Å². The Balaban J connectivity index is 1.68. The van der Waals surface area contributed by atoms with Crippen molar-refractivity contribution < 1.29 is 9.18 Å². The third-order valence-electron chi connectivity index (χ3n) is 5.85. The zero-order valence-electron chi connectivity index (χ0n) is 15.2. The van der Waals surface area contributed by atoms with Gasteiger partial charge in [-0.2, -0.15) is 0 Å². The maximum absolute atomic E-state index is 14.4. The Hall–Kier alpha value is -2.42. The fourth-order valence-corrected chi connectivity index (χ4v) is 3.90. The molecule has 136 valence electrons. The van der Waals surface area contributed by atoms with Crippen LogP contribution in [0.5, 0.6) is 0 Å². The van der Waals surface area contributed by atoms with Crippen LogP contribution < -0.4 is 5.32 Å². The number of aromatic nitrogens is 2. The molecular formula is C20H23FN4O. The second-order valence-corrected chi connectivity index (χ2v) is 8.29. The number of rotatable bonds is 5. The number of nitrogens with one attached hydrogen (secondary N) is 1. The van der Waals surface area contributed by atoms with Crippen molar-refractivity contribution in [3.63, 3.8) is 0 Å². The molecular weight excluding hydrogens is 331 g/mol. The summed E-state index contributed by atoms with van der Waals surface area (Å²) >= 11 is 0. The number of carbonyl (C=O) groups excluding carboxylic acids is 1. The number of imidazole rings is 1. The van der Waals surface area contributed by atoms with Gasteiger partial charge in [0.1, 0.15) is 11.3 Å². The van der Waals surface area contributed by atoms with E-state index in [9.17, 15) is 9.18 Å². The highest BCUT2D eigenvalue weighted by Crippen LogP contribution is 2.47. The third-order valence-corrected chi connectivity index (χ3v) is 5.85. The highest BCUT2D eigenvalue weighted by molar-refractivity contribution is 5.92. The lowest BCUT2D eigenvalue weighted by Gasteiger charge is -2.29. The number of amides is 1. The Morgan fingerprint density at radius 2 is 2.12 bits per heavy atom. The molecule has 1 amide bonds. The first-order valence-corrected chi connectivity index (χ1v) is 9.28. The van der Waals surface area contributed by atoms with E-state index >= 15 is 0 Å². The van der Waals surface area contributed by atoms with Gasteiger partial charge in [0.25, 0.3) is 0 Å². The molecule has 2 aliphatic rings. The van der Waals surface area contributed by atoms with Crippen molar-refractivity contribution in [1.29, 1.82) is 0 Å². The van der Waals surface area contributed by atoms with E-state index in [4.69, 9.17) is 6.57 Å². The molecule has 1 N–H and O–H groups in total. The lowest BCUT2D eigenvalue weighted by molar-refractivity contribution is -0.118. The van der Waals surface area contributed by atoms with E-state index in [0.29, 0.717) is 23.8 Å². The minimum atomic E-state index is -0.514. The zero-order chi connectivity index (χ0) is 18.5. The minimum absolute atomic E-state index is 0.0279. The summed E-state index contributed by atoms with van der Waals surface area (Å²) in [6.07, 6.45) is 5.87. The molecule has 2 fully saturated rings. The summed E-state index contributed by atoms with van der Waals surface area (Å²) in [5.74, 6) is 0.420. The van der Waals surface area contributed by atoms with Gasteiger partial charge in [0.15, 0.2) is 5.69 Å². The molecule has 6 heteroatoms. The van der Waals surface area contributed by atoms with E-state index < -0.39 is 5.82 Å². The number of anilines is 1. The van der Waals surface area contributed by atoms with Crippen LogP contribution in [0.15, 0.2) is 12.1 Å². The number of halogens is 1. The molecule has 1 aromatic carbocycles. The summed E-state index contributed by atoms with van der Waals surface area (Å²) in [7, 11) is 0. The molecule has 1 heterocycles. The van der Waals surface area contributed by atoms with Crippen molar-refractivity contribution >= 4 is 28.6 Å². The lowest BCUT2D eigenvalue weighted by Crippen LogP contribution is -2.26. The molecule has 0 radical (unpaired) electrons. The van der Waals surface area contributed by atoms with Crippen LogP contribution in [-0.4, -0.2) is 15.5 Å². The maximum Gasteiger partial charge on any atom is 0.227 e. The molecule has 5 nitrogen and oxygen atoms in total. The normalized spacial score (nSPS) is 17.8. The smallest absolute Gasteiger partial charge is 0.227 e. The van der Waals surface area contributed by atoms with E-state index in [1.807, 2.05) is 4.57 Å². The van der Waals surface area contributed by atoms with Crippen LogP contribution >= 0.6 is 0 Å². The Bertz CT molecular complexity index is 916. The fourth-order valence-electron chi connectivity index (χ4n) is 3.90. The van der Waals surface area contributed by atoms with Crippen LogP contribution in [0.1, 0.15) is 58.4 Å². The third kappa shape index (κ3) is 2.96. The summed E-state index contributed by atoms with van der Waals surface area (Å²) in [6, 6.07) is 3.07. The monoisotopic (exact) mass is 354 g/mol. The maximum atomic E-state index is 14.4. The summed E-state index contributed by atoms with van der Waals surface area (Å²) in [4.78, 5) is 20.3. The van der Waals surface area contributed by atoms with Gasteiger partial charge in [-0.3, -0.25) is 10.1 Å². The van der Waals surface area contributed by atoms with E-state index in [0.717, 1.165) is 19.3 Å². The minimum Gasteiger partial charge on any atom is -0.308 e. The zero-order valence-corrected chi connectivity index (χ0v) is 15.2. The van der Waals surface area contributed by atoms with Crippen molar-refractivity contribution in [2.45, 2.75) is 58.4 Å². The quantitative estimate of drug-likeness (QED) is 0.749. The molecule has 0 atom stereocenters. The number of benzene rings is 1. The van der Waals surface area contributed by atoms with Gasteiger partial charge in [0, 0.05) is 12.5 Å². The summed E-state index contributed by atoms with van der Waals surface area (Å²) in [6.45, 7) is 11.4. The molecule has 1 aromatic heterocycles. The van der Waals surface area contributed by atoms with Gasteiger partial charge in [-0.05, 0) is 55.6 Å². The van der Waals surface area contributed by atoms with Crippen LogP contribution in [0, 0.1) is 23.7 Å². The number of carbonyl (C=O) groups is 1. The largest absolute Gasteiger partial charge is 0.308 e. The first kappa shape index (κ1) is 17.0. The molecule has 2 saturated carbocycles. The van der Waals surface area contributed by atoms with Gasteiger partial charge >= 0.3 is 0 Å². The van der Waals surface area contributed by atoms with Crippen molar-refractivity contribution in [2.75, 3.05) is 5.32 Å². The standard InChI is InChI=1S/C20H23FN4O/c1-20(2,12-7-8-12)11-17(26)23-19-24-18-15(21)9-13(22-3)10-16(18)25(19)14-5-4-6-14/h9-10,12,14H,4-8,11H2,1-2H3,(H,23,24,26). The van der Waals surface area contributed by atoms with E-state index in [-0.39, 0.29) is 28.6 Å². The van der Waals surface area contributed by atoms with Gasteiger partial charge in [0.2, 0.25) is 11.9 Å². The van der Waals surface area contributed by atoms with Gasteiger partial charge < -0.3 is 4.57 Å². The van der Waals surface area contributed by atoms with Crippen LogP contribution in [0.2, 0.25) is 0 Å². The summed E-state index contributed by atoms with van der Waals surface area (Å²) in [5, 5.41) is 2.92. The van der Waals surface area contributed by atoms with Gasteiger partial charge in [0.05, 0.1) is 12.1 Å². The predicted octanol–water partition coefficient (Wildman–Crippen LogP) is 5.22. The lowest BCUT2D eigenvalue weighted by atomic mass is 9.83. The second-order valence-electron chi connectivity index (χ2n) is 8.29. The second kappa shape index (κ2) is 6.08. The van der Waals surface area contributed by atoms with Crippen LogP contribution in [0.4, 0.5) is 16.0 Å². The van der Waals surface area contributed by atoms with E-state index in [2.05, 4.69) is 29.0 Å². The molecule has 0 unspecified atom stereocenters. The Morgan fingerprint density at radius 3 is 2.69 bits per heavy atom. The molecule has 0 saturated heterocycles. The predicted molar refractivity (Wildman–Crippen MR) is 98.6 cm³/mol. The van der Waals surface area contributed by atoms with Crippen LogP contribution in [0.3, 0.4) is 0 Å². The number of hydrogen-bond donors (Lipinski definition) is 1. The van der Waals surface area contributed by atoms with Crippen LogP contribution in [-0.2, 0) is 4.79 Å². The van der Waals surface area contributed by atoms with Gasteiger partial charge in [-0.1, -0.05) is 13.8 Å². The topological polar surface area (TPSA) is 51.3 Å². The summed E-state index contributed by atoms with van der Waals surface area (Å²) < 4.78 is 16.3. The van der Waals surface area contributed by atoms with E-state index in [1.165, 1.54) is 18.9 Å². The Labute approximate surface area is 152 Å². The SMILES string of the molecule is [C-]#[N+]c1cc(F)c2nc(NC(=O)CC(C)(C)C3CC3)n(C3CCC3)c2c1.